The largest absolute Gasteiger partial charge is 0.393 e. The quantitative estimate of drug-likeness (QED) is 0.198. The van der Waals surface area contributed by atoms with Gasteiger partial charge in [-0.05, 0) is 19.1 Å². The highest BCUT2D eigenvalue weighted by Gasteiger charge is 2.61. The molecule has 3 aliphatic heterocycles. The van der Waals surface area contributed by atoms with Crippen LogP contribution in [-0.4, -0.2) is 48.4 Å². The van der Waals surface area contributed by atoms with Gasteiger partial charge >= 0.3 is 0 Å². The number of aliphatic hydroxyl groups excluding tert-OH is 1. The molecule has 3 atom stereocenters. The van der Waals surface area contributed by atoms with Crippen molar-refractivity contribution in [1.82, 2.24) is 14.1 Å². The van der Waals surface area contributed by atoms with E-state index in [9.17, 15) is 19.8 Å². The normalized spacial score (nSPS) is 27.3. The fraction of sp³-hybridized carbons (Fsp3) is 0.231. The number of hydrogen-bond donors (Lipinski definition) is 3. The van der Waals surface area contributed by atoms with Crippen molar-refractivity contribution in [1.29, 1.82) is 0 Å². The minimum Gasteiger partial charge on any atom is -0.393 e. The van der Waals surface area contributed by atoms with Gasteiger partial charge in [0.1, 0.15) is 11.8 Å². The van der Waals surface area contributed by atoms with E-state index in [1.165, 1.54) is 0 Å². The Morgan fingerprint density at radius 1 is 0.971 bits per heavy atom. The fourth-order valence-corrected chi connectivity index (χ4v) is 6.73. The highest BCUT2D eigenvalue weighted by molar-refractivity contribution is 6.39. The fourth-order valence-electron chi connectivity index (χ4n) is 6.73. The molecule has 8 rings (SSSR count). The van der Waals surface area contributed by atoms with Gasteiger partial charge in [-0.2, -0.15) is 0 Å². The van der Waals surface area contributed by atoms with Crippen LogP contribution in [0.3, 0.4) is 0 Å². The molecule has 174 valence electrons. The lowest BCUT2D eigenvalue weighted by atomic mass is 9.89. The molecule has 5 aromatic rings. The standard InChI is InChI=1S/C26H20N4O5/c1-25-26(34,11-31)10-16(35-25)28-14-8-4-2-6-12(14)17-19-20(24(33)30(27)23(19)32)18-13-7-3-5-9-15(13)29(25)22(18)21(17)28/h2-9,16,31,34H,10-11,27H2,1H3/t16-,25+,26-/m0/s1. The molecule has 9 nitrogen and oxygen atoms in total. The number of carbonyl (C=O) groups is 2. The van der Waals surface area contributed by atoms with E-state index in [-0.39, 0.29) is 17.5 Å². The number of nitrogens with two attached hydrogens (primary N) is 1. The van der Waals surface area contributed by atoms with E-state index in [0.717, 1.165) is 27.3 Å². The van der Waals surface area contributed by atoms with Gasteiger partial charge in [0.25, 0.3) is 11.8 Å². The number of benzene rings is 3. The topological polar surface area (TPSA) is 123 Å². The van der Waals surface area contributed by atoms with Gasteiger partial charge in [0, 0.05) is 28.0 Å². The lowest BCUT2D eigenvalue weighted by Crippen LogP contribution is -2.53. The minimum atomic E-state index is -1.60. The first-order valence-corrected chi connectivity index (χ1v) is 11.5. The average molecular weight is 468 g/mol. The summed E-state index contributed by atoms with van der Waals surface area (Å²) in [4.78, 5) is 26.8. The predicted molar refractivity (Wildman–Crippen MR) is 128 cm³/mol. The highest BCUT2D eigenvalue weighted by atomic mass is 16.6. The first-order valence-electron chi connectivity index (χ1n) is 11.5. The van der Waals surface area contributed by atoms with Gasteiger partial charge in [0.15, 0.2) is 5.72 Å². The number of aliphatic hydroxyl groups is 2. The number of carbonyl (C=O) groups excluding carboxylic acids is 2. The highest BCUT2D eigenvalue weighted by Crippen LogP contribution is 2.57. The molecule has 35 heavy (non-hydrogen) atoms. The number of fused-ring (bicyclic) bond motifs is 13. The molecular formula is C26H20N4O5. The van der Waals surface area contributed by atoms with E-state index in [0.29, 0.717) is 21.3 Å². The molecule has 2 amide bonds. The Labute approximate surface area is 197 Å². The van der Waals surface area contributed by atoms with Gasteiger partial charge in [-0.3, -0.25) is 9.59 Å². The van der Waals surface area contributed by atoms with Crippen LogP contribution in [0.1, 0.15) is 40.3 Å². The number of rotatable bonds is 1. The molecule has 3 aromatic carbocycles. The summed E-state index contributed by atoms with van der Waals surface area (Å²) in [6.45, 7) is 1.26. The van der Waals surface area contributed by atoms with Gasteiger partial charge in [-0.25, -0.2) is 10.9 Å². The number of hydrazine groups is 1. The smallest absolute Gasteiger partial charge is 0.276 e. The molecule has 1 saturated heterocycles. The van der Waals surface area contributed by atoms with Gasteiger partial charge < -0.3 is 24.1 Å². The second-order valence-electron chi connectivity index (χ2n) is 9.87. The van der Waals surface area contributed by atoms with Crippen molar-refractivity contribution in [2.24, 2.45) is 5.84 Å². The summed E-state index contributed by atoms with van der Waals surface area (Å²) in [5.41, 5.74) is 0.558. The second kappa shape index (κ2) is 5.72. The Morgan fingerprint density at radius 3 is 2.20 bits per heavy atom. The van der Waals surface area contributed by atoms with Crippen molar-refractivity contribution < 1.29 is 24.5 Å². The zero-order valence-electron chi connectivity index (χ0n) is 18.6. The number of para-hydroxylation sites is 2. The summed E-state index contributed by atoms with van der Waals surface area (Å²) >= 11 is 0. The number of aromatic nitrogens is 2. The van der Waals surface area contributed by atoms with E-state index < -0.39 is 36.0 Å². The summed E-state index contributed by atoms with van der Waals surface area (Å²) in [6.07, 6.45) is -0.463. The minimum absolute atomic E-state index is 0.147. The van der Waals surface area contributed by atoms with Crippen LogP contribution >= 0.6 is 0 Å². The molecule has 2 bridgehead atoms. The van der Waals surface area contributed by atoms with Gasteiger partial charge in [-0.1, -0.05) is 36.4 Å². The van der Waals surface area contributed by atoms with Crippen molar-refractivity contribution in [3.8, 4) is 0 Å². The Kier molecular flexibility index (Phi) is 3.19. The monoisotopic (exact) mass is 468 g/mol. The maximum Gasteiger partial charge on any atom is 0.276 e. The molecule has 3 aliphatic rings. The third-order valence-corrected chi connectivity index (χ3v) is 8.34. The lowest BCUT2D eigenvalue weighted by molar-refractivity contribution is -0.189. The number of nitrogens with zero attached hydrogens (tertiary/aromatic N) is 3. The summed E-state index contributed by atoms with van der Waals surface area (Å²) in [7, 11) is 0. The Hall–Kier alpha value is -3.76. The molecule has 0 unspecified atom stereocenters. The van der Waals surface area contributed by atoms with Crippen molar-refractivity contribution in [2.75, 3.05) is 6.61 Å². The summed E-state index contributed by atoms with van der Waals surface area (Å²) in [6, 6.07) is 15.2. The zero-order valence-corrected chi connectivity index (χ0v) is 18.6. The third-order valence-electron chi connectivity index (χ3n) is 8.34. The Morgan fingerprint density at radius 2 is 1.54 bits per heavy atom. The lowest BCUT2D eigenvalue weighted by Gasteiger charge is -2.38. The number of imide groups is 1. The van der Waals surface area contributed by atoms with Crippen LogP contribution in [0.4, 0.5) is 0 Å². The molecule has 9 heteroatoms. The van der Waals surface area contributed by atoms with E-state index in [2.05, 4.69) is 0 Å². The van der Waals surface area contributed by atoms with E-state index in [1.807, 2.05) is 57.7 Å². The molecular weight excluding hydrogens is 448 g/mol. The Bertz CT molecular complexity index is 1850. The van der Waals surface area contributed by atoms with Crippen molar-refractivity contribution in [3.63, 3.8) is 0 Å². The summed E-state index contributed by atoms with van der Waals surface area (Å²) < 4.78 is 10.5. The van der Waals surface area contributed by atoms with Crippen LogP contribution in [-0.2, 0) is 10.5 Å². The van der Waals surface area contributed by atoms with Crippen LogP contribution < -0.4 is 5.84 Å². The van der Waals surface area contributed by atoms with Crippen LogP contribution in [0.2, 0.25) is 0 Å². The second-order valence-corrected chi connectivity index (χ2v) is 9.87. The number of amides is 2. The SMILES string of the molecule is C[C@@]12O[C@@H](C[C@]1(O)CO)n1c3ccccc3c3c4c(c5c6ccccc6n2c5c31)C(=O)N(N)C4=O. The molecule has 0 aliphatic carbocycles. The molecule has 2 aromatic heterocycles. The molecule has 5 heterocycles. The molecule has 1 fully saturated rings. The third kappa shape index (κ3) is 1.85. The first-order chi connectivity index (χ1) is 16.8. The Balaban J connectivity index is 1.78. The molecule has 0 spiro atoms. The maximum atomic E-state index is 13.4. The molecule has 4 N–H and O–H groups in total. The molecule has 0 radical (unpaired) electrons. The number of hydrogen-bond acceptors (Lipinski definition) is 6. The van der Waals surface area contributed by atoms with Crippen molar-refractivity contribution >= 4 is 55.4 Å². The average Bonchev–Trinajstić information content (AvgIpc) is 3.50. The van der Waals surface area contributed by atoms with Crippen LogP contribution in [0.15, 0.2) is 48.5 Å². The van der Waals surface area contributed by atoms with Gasteiger partial charge in [0.2, 0.25) is 0 Å². The first kappa shape index (κ1) is 19.5. The zero-order chi connectivity index (χ0) is 24.0. The van der Waals surface area contributed by atoms with Gasteiger partial charge in [-0.15, -0.1) is 0 Å². The number of ether oxygens (including phenoxy) is 1. The maximum absolute atomic E-state index is 13.4. The van der Waals surface area contributed by atoms with E-state index in [1.54, 1.807) is 6.92 Å². The summed E-state index contributed by atoms with van der Waals surface area (Å²) in [5.74, 6) is 4.88. The van der Waals surface area contributed by atoms with Gasteiger partial charge in [0.05, 0.1) is 39.8 Å². The van der Waals surface area contributed by atoms with Crippen LogP contribution in [0, 0.1) is 0 Å². The van der Waals surface area contributed by atoms with E-state index >= 15 is 0 Å². The van der Waals surface area contributed by atoms with Crippen LogP contribution in [0.5, 0.6) is 0 Å². The molecule has 0 saturated carbocycles. The summed E-state index contributed by atoms with van der Waals surface area (Å²) in [5, 5.41) is 25.6. The van der Waals surface area contributed by atoms with Crippen LogP contribution in [0.25, 0.3) is 43.6 Å². The van der Waals surface area contributed by atoms with Crippen molar-refractivity contribution in [3.05, 3.63) is 59.7 Å². The van der Waals surface area contributed by atoms with Crippen molar-refractivity contribution in [2.45, 2.75) is 30.9 Å². The predicted octanol–water partition coefficient (Wildman–Crippen LogP) is 2.70. The van der Waals surface area contributed by atoms with E-state index in [4.69, 9.17) is 10.6 Å².